The Morgan fingerprint density at radius 3 is 2.80 bits per heavy atom. The zero-order valence-electron chi connectivity index (χ0n) is 9.82. The van der Waals surface area contributed by atoms with E-state index in [1.54, 1.807) is 0 Å². The minimum absolute atomic E-state index is 0.0200. The molecule has 0 radical (unpaired) electrons. The normalized spacial score (nSPS) is 36.0. The lowest BCUT2D eigenvalue weighted by Gasteiger charge is -2.24. The van der Waals surface area contributed by atoms with Crippen molar-refractivity contribution in [1.29, 1.82) is 0 Å². The average Bonchev–Trinajstić information content (AvgIpc) is 2.79. The summed E-state index contributed by atoms with van der Waals surface area (Å²) in [5.41, 5.74) is 0. The molecule has 2 fully saturated rings. The van der Waals surface area contributed by atoms with Crippen LogP contribution in [0.15, 0.2) is 0 Å². The van der Waals surface area contributed by atoms with Crippen molar-refractivity contribution in [3.05, 3.63) is 0 Å². The van der Waals surface area contributed by atoms with E-state index in [0.29, 0.717) is 0 Å². The molecule has 2 bridgehead atoms. The quantitative estimate of drug-likeness (QED) is 0.704. The van der Waals surface area contributed by atoms with Gasteiger partial charge in [0.2, 0.25) is 0 Å². The van der Waals surface area contributed by atoms with Gasteiger partial charge < -0.3 is 5.11 Å². The molecule has 4 atom stereocenters. The Hall–Kier alpha value is 0.310. The first-order chi connectivity index (χ1) is 7.29. The van der Waals surface area contributed by atoms with E-state index in [0.717, 1.165) is 36.3 Å². The SMILES string of the molecule is CCSCCC(O)CC1CC2CCC1C2. The second-order valence-corrected chi connectivity index (χ2v) is 6.70. The summed E-state index contributed by atoms with van der Waals surface area (Å²) in [6.07, 6.45) is 7.89. The van der Waals surface area contributed by atoms with Gasteiger partial charge in [-0.05, 0) is 61.4 Å². The van der Waals surface area contributed by atoms with Crippen molar-refractivity contribution in [3.63, 3.8) is 0 Å². The van der Waals surface area contributed by atoms with Crippen molar-refractivity contribution in [2.24, 2.45) is 17.8 Å². The zero-order chi connectivity index (χ0) is 10.7. The molecular weight excluding hydrogens is 204 g/mol. The fourth-order valence-corrected chi connectivity index (χ4v) is 4.22. The van der Waals surface area contributed by atoms with E-state index >= 15 is 0 Å². The summed E-state index contributed by atoms with van der Waals surface area (Å²) in [6, 6.07) is 0. The van der Waals surface area contributed by atoms with Gasteiger partial charge >= 0.3 is 0 Å². The van der Waals surface area contributed by atoms with Crippen LogP contribution in [0.1, 0.15) is 45.4 Å². The number of hydrogen-bond donors (Lipinski definition) is 1. The maximum atomic E-state index is 9.95. The maximum absolute atomic E-state index is 9.95. The van der Waals surface area contributed by atoms with Crippen LogP contribution in [0, 0.1) is 17.8 Å². The Morgan fingerprint density at radius 1 is 1.33 bits per heavy atom. The van der Waals surface area contributed by atoms with Gasteiger partial charge in [0.15, 0.2) is 0 Å². The van der Waals surface area contributed by atoms with Gasteiger partial charge in [0.1, 0.15) is 0 Å². The molecule has 0 aliphatic heterocycles. The molecule has 88 valence electrons. The summed E-state index contributed by atoms with van der Waals surface area (Å²) in [4.78, 5) is 0. The number of thioether (sulfide) groups is 1. The van der Waals surface area contributed by atoms with Crippen molar-refractivity contribution >= 4 is 11.8 Å². The number of rotatable bonds is 6. The van der Waals surface area contributed by atoms with Crippen LogP contribution < -0.4 is 0 Å². The largest absolute Gasteiger partial charge is 0.393 e. The molecule has 0 heterocycles. The molecule has 1 N–H and O–H groups in total. The zero-order valence-corrected chi connectivity index (χ0v) is 10.6. The molecule has 2 saturated carbocycles. The molecule has 0 spiro atoms. The summed E-state index contributed by atoms with van der Waals surface area (Å²) >= 11 is 1.95. The third kappa shape index (κ3) is 3.13. The fourth-order valence-electron chi connectivity index (χ4n) is 3.50. The van der Waals surface area contributed by atoms with Crippen LogP contribution in [0.25, 0.3) is 0 Å². The topological polar surface area (TPSA) is 20.2 Å². The molecule has 0 amide bonds. The highest BCUT2D eigenvalue weighted by molar-refractivity contribution is 7.99. The minimum atomic E-state index is -0.0200. The third-order valence-electron chi connectivity index (χ3n) is 4.26. The molecule has 2 aliphatic carbocycles. The van der Waals surface area contributed by atoms with Gasteiger partial charge in [-0.25, -0.2) is 0 Å². The second-order valence-electron chi connectivity index (χ2n) is 5.31. The average molecular weight is 228 g/mol. The van der Waals surface area contributed by atoms with Gasteiger partial charge in [0.05, 0.1) is 6.10 Å². The predicted octanol–water partition coefficient (Wildman–Crippen LogP) is 3.32. The molecule has 0 aromatic heterocycles. The van der Waals surface area contributed by atoms with E-state index in [4.69, 9.17) is 0 Å². The number of fused-ring (bicyclic) bond motifs is 2. The Morgan fingerprint density at radius 2 is 2.20 bits per heavy atom. The van der Waals surface area contributed by atoms with Crippen LogP contribution in [-0.2, 0) is 0 Å². The molecule has 2 aliphatic rings. The van der Waals surface area contributed by atoms with Gasteiger partial charge in [-0.2, -0.15) is 11.8 Å². The van der Waals surface area contributed by atoms with Crippen molar-refractivity contribution in [2.45, 2.75) is 51.6 Å². The number of hydrogen-bond acceptors (Lipinski definition) is 2. The Kier molecular flexibility index (Phi) is 4.39. The maximum Gasteiger partial charge on any atom is 0.0550 e. The van der Waals surface area contributed by atoms with E-state index in [1.807, 2.05) is 11.8 Å². The van der Waals surface area contributed by atoms with Gasteiger partial charge in [-0.15, -0.1) is 0 Å². The Bertz CT molecular complexity index is 195. The van der Waals surface area contributed by atoms with E-state index < -0.39 is 0 Å². The number of aliphatic hydroxyl groups excluding tert-OH is 1. The van der Waals surface area contributed by atoms with Crippen LogP contribution in [0.2, 0.25) is 0 Å². The smallest absolute Gasteiger partial charge is 0.0550 e. The van der Waals surface area contributed by atoms with Crippen molar-refractivity contribution < 1.29 is 5.11 Å². The molecule has 15 heavy (non-hydrogen) atoms. The van der Waals surface area contributed by atoms with Crippen LogP contribution in [-0.4, -0.2) is 22.7 Å². The Balaban J connectivity index is 1.64. The van der Waals surface area contributed by atoms with E-state index in [9.17, 15) is 5.11 Å². The first kappa shape index (κ1) is 11.8. The highest BCUT2D eigenvalue weighted by Crippen LogP contribution is 2.49. The van der Waals surface area contributed by atoms with Crippen molar-refractivity contribution in [1.82, 2.24) is 0 Å². The molecule has 2 heteroatoms. The summed E-state index contributed by atoms with van der Waals surface area (Å²) < 4.78 is 0. The summed E-state index contributed by atoms with van der Waals surface area (Å²) in [5.74, 6) is 5.19. The van der Waals surface area contributed by atoms with Gasteiger partial charge in [0.25, 0.3) is 0 Å². The lowest BCUT2D eigenvalue weighted by Crippen LogP contribution is -2.19. The fraction of sp³-hybridized carbons (Fsp3) is 1.00. The first-order valence-electron chi connectivity index (χ1n) is 6.55. The summed E-state index contributed by atoms with van der Waals surface area (Å²) in [6.45, 7) is 2.19. The summed E-state index contributed by atoms with van der Waals surface area (Å²) in [5, 5.41) is 9.95. The molecule has 0 aromatic rings. The van der Waals surface area contributed by atoms with E-state index in [2.05, 4.69) is 6.92 Å². The molecule has 0 aromatic carbocycles. The first-order valence-corrected chi connectivity index (χ1v) is 7.70. The lowest BCUT2D eigenvalue weighted by atomic mass is 9.84. The minimum Gasteiger partial charge on any atom is -0.393 e. The highest BCUT2D eigenvalue weighted by Gasteiger charge is 2.39. The van der Waals surface area contributed by atoms with Crippen LogP contribution in [0.5, 0.6) is 0 Å². The van der Waals surface area contributed by atoms with Crippen molar-refractivity contribution in [2.75, 3.05) is 11.5 Å². The monoisotopic (exact) mass is 228 g/mol. The van der Waals surface area contributed by atoms with Gasteiger partial charge in [-0.1, -0.05) is 13.3 Å². The molecule has 4 unspecified atom stereocenters. The molecular formula is C13H24OS. The van der Waals surface area contributed by atoms with Gasteiger partial charge in [-0.3, -0.25) is 0 Å². The predicted molar refractivity (Wildman–Crippen MR) is 67.2 cm³/mol. The van der Waals surface area contributed by atoms with Crippen LogP contribution in [0.3, 0.4) is 0 Å². The van der Waals surface area contributed by atoms with Crippen molar-refractivity contribution in [3.8, 4) is 0 Å². The number of aliphatic hydroxyl groups is 1. The van der Waals surface area contributed by atoms with E-state index in [1.165, 1.54) is 31.4 Å². The molecule has 2 rings (SSSR count). The third-order valence-corrected chi connectivity index (χ3v) is 5.19. The summed E-state index contributed by atoms with van der Waals surface area (Å²) in [7, 11) is 0. The lowest BCUT2D eigenvalue weighted by molar-refractivity contribution is 0.122. The van der Waals surface area contributed by atoms with Crippen LogP contribution >= 0.6 is 11.8 Å². The van der Waals surface area contributed by atoms with Gasteiger partial charge in [0, 0.05) is 0 Å². The van der Waals surface area contributed by atoms with E-state index in [-0.39, 0.29) is 6.10 Å². The highest BCUT2D eigenvalue weighted by atomic mass is 32.2. The second kappa shape index (κ2) is 5.58. The standard InChI is InChI=1S/C13H24OS/c1-2-15-6-5-13(14)9-12-8-10-3-4-11(12)7-10/h10-14H,2-9H2,1H3. The Labute approximate surface area is 98.0 Å². The van der Waals surface area contributed by atoms with Crippen LogP contribution in [0.4, 0.5) is 0 Å². The molecule has 1 nitrogen and oxygen atoms in total. The molecule has 0 saturated heterocycles.